The summed E-state index contributed by atoms with van der Waals surface area (Å²) in [7, 11) is -2.41. The van der Waals surface area contributed by atoms with Crippen molar-refractivity contribution >= 4 is 38.1 Å². The molecule has 1 N–H and O–H groups in total. The van der Waals surface area contributed by atoms with Crippen molar-refractivity contribution in [2.24, 2.45) is 0 Å². The van der Waals surface area contributed by atoms with Crippen LogP contribution in [0.25, 0.3) is 0 Å². The van der Waals surface area contributed by atoms with Gasteiger partial charge >= 0.3 is 0 Å². The maximum absolute atomic E-state index is 12.7. The molecule has 9 heteroatoms. The molecule has 0 saturated heterocycles. The molecule has 0 saturated carbocycles. The Kier molecular flexibility index (Phi) is 5.01. The largest absolute Gasteiger partial charge is 0.296 e. The lowest BCUT2D eigenvalue weighted by molar-refractivity contribution is 0.102. The second kappa shape index (κ2) is 7.22. The molecule has 3 rings (SSSR count). The predicted octanol–water partition coefficient (Wildman–Crippen LogP) is 2.92. The molecule has 26 heavy (non-hydrogen) atoms. The number of nitrogens with one attached hydrogen (secondary N) is 1. The summed E-state index contributed by atoms with van der Waals surface area (Å²) >= 11 is 0.808. The number of sulfonamides is 1. The van der Waals surface area contributed by atoms with E-state index in [1.165, 1.54) is 7.05 Å². The monoisotopic (exact) mass is 388 g/mol. The van der Waals surface area contributed by atoms with Crippen LogP contribution in [-0.4, -0.2) is 31.6 Å². The van der Waals surface area contributed by atoms with E-state index in [9.17, 15) is 13.2 Å². The van der Waals surface area contributed by atoms with Crippen molar-refractivity contribution in [1.82, 2.24) is 10.2 Å². The Morgan fingerprint density at radius 1 is 1.04 bits per heavy atom. The van der Waals surface area contributed by atoms with Gasteiger partial charge in [-0.25, -0.2) is 0 Å². The van der Waals surface area contributed by atoms with Crippen molar-refractivity contribution in [3.63, 3.8) is 0 Å². The number of aromatic nitrogens is 2. The molecule has 0 aliphatic heterocycles. The van der Waals surface area contributed by atoms with Gasteiger partial charge in [-0.1, -0.05) is 47.7 Å². The van der Waals surface area contributed by atoms with Crippen LogP contribution in [0.1, 0.15) is 15.9 Å². The number of nitrogens with zero attached hydrogens (tertiary/aromatic N) is 3. The minimum atomic E-state index is -3.85. The van der Waals surface area contributed by atoms with Crippen LogP contribution in [0.2, 0.25) is 0 Å². The first-order valence-corrected chi connectivity index (χ1v) is 9.90. The zero-order valence-electron chi connectivity index (χ0n) is 14.1. The third-order valence-corrected chi connectivity index (χ3v) is 6.69. The smallest absolute Gasteiger partial charge is 0.293 e. The number of carbonyl (C=O) groups is 1. The first-order chi connectivity index (χ1) is 12.4. The van der Waals surface area contributed by atoms with Crippen molar-refractivity contribution in [1.29, 1.82) is 0 Å². The van der Waals surface area contributed by atoms with Gasteiger partial charge in [0.2, 0.25) is 5.13 Å². The minimum absolute atomic E-state index is 0.123. The molecule has 0 aliphatic carbocycles. The van der Waals surface area contributed by atoms with Crippen LogP contribution in [0, 0.1) is 6.92 Å². The van der Waals surface area contributed by atoms with Gasteiger partial charge < -0.3 is 0 Å². The highest BCUT2D eigenvalue weighted by molar-refractivity contribution is 7.94. The number of hydrogen-bond acceptors (Lipinski definition) is 6. The van der Waals surface area contributed by atoms with E-state index in [0.29, 0.717) is 11.3 Å². The number of carbonyl (C=O) groups excluding carboxylic acids is 1. The second-order valence-corrected chi connectivity index (χ2v) is 8.57. The molecule has 1 aromatic heterocycles. The number of benzene rings is 2. The van der Waals surface area contributed by atoms with Gasteiger partial charge in [0.05, 0.1) is 5.69 Å². The lowest BCUT2D eigenvalue weighted by Gasteiger charge is -2.16. The molecule has 0 spiro atoms. The quantitative estimate of drug-likeness (QED) is 0.679. The van der Waals surface area contributed by atoms with Crippen LogP contribution in [-0.2, 0) is 10.0 Å². The van der Waals surface area contributed by atoms with Gasteiger partial charge in [-0.2, -0.15) is 8.42 Å². The van der Waals surface area contributed by atoms with Crippen LogP contribution in [0.15, 0.2) is 58.9 Å². The molecule has 2 aromatic carbocycles. The van der Waals surface area contributed by atoms with Crippen LogP contribution < -0.4 is 9.62 Å². The normalized spacial score (nSPS) is 11.2. The lowest BCUT2D eigenvalue weighted by atomic mass is 10.1. The average molecular weight is 388 g/mol. The summed E-state index contributed by atoms with van der Waals surface area (Å²) in [5.41, 5.74) is 1.81. The molecule has 1 heterocycles. The summed E-state index contributed by atoms with van der Waals surface area (Å²) in [6, 6.07) is 15.7. The Labute approximate surface area is 155 Å². The first kappa shape index (κ1) is 18.0. The highest BCUT2D eigenvalue weighted by Crippen LogP contribution is 2.26. The molecular formula is C17H16N4O3S2. The summed E-state index contributed by atoms with van der Waals surface area (Å²) < 4.78 is 26.3. The third kappa shape index (κ3) is 3.58. The van der Waals surface area contributed by atoms with Gasteiger partial charge in [-0.05, 0) is 30.7 Å². The van der Waals surface area contributed by atoms with Crippen molar-refractivity contribution in [3.05, 3.63) is 65.7 Å². The van der Waals surface area contributed by atoms with Crippen LogP contribution in [0.3, 0.4) is 0 Å². The van der Waals surface area contributed by atoms with E-state index in [0.717, 1.165) is 21.2 Å². The Bertz CT molecular complexity index is 1030. The van der Waals surface area contributed by atoms with Gasteiger partial charge in [0.15, 0.2) is 0 Å². The van der Waals surface area contributed by atoms with E-state index in [2.05, 4.69) is 15.5 Å². The highest BCUT2D eigenvalue weighted by atomic mass is 32.2. The van der Waals surface area contributed by atoms with E-state index >= 15 is 0 Å². The number of rotatable bonds is 5. The van der Waals surface area contributed by atoms with E-state index in [4.69, 9.17) is 0 Å². The minimum Gasteiger partial charge on any atom is -0.296 e. The van der Waals surface area contributed by atoms with Crippen molar-refractivity contribution in [2.75, 3.05) is 16.7 Å². The third-order valence-electron chi connectivity index (χ3n) is 3.72. The molecule has 1 amide bonds. The maximum Gasteiger partial charge on any atom is 0.293 e. The molecule has 134 valence electrons. The standard InChI is InChI=1S/C17H16N4O3S2/c1-12-8-6-7-11-14(12)15(22)18-16-19-20-17(25-16)26(23,24)21(2)13-9-4-3-5-10-13/h3-11H,1-2H3,(H,18,19,22). The molecule has 0 bridgehead atoms. The zero-order chi connectivity index (χ0) is 18.7. The maximum atomic E-state index is 12.7. The first-order valence-electron chi connectivity index (χ1n) is 7.64. The van der Waals surface area contributed by atoms with Crippen LogP contribution in [0.5, 0.6) is 0 Å². The van der Waals surface area contributed by atoms with Crippen molar-refractivity contribution in [3.8, 4) is 0 Å². The molecule has 0 fully saturated rings. The molecule has 0 radical (unpaired) electrons. The van der Waals surface area contributed by atoms with E-state index < -0.39 is 10.0 Å². The summed E-state index contributed by atoms with van der Waals surface area (Å²) in [5, 5.41) is 10.2. The fourth-order valence-electron chi connectivity index (χ4n) is 2.25. The molecule has 0 unspecified atom stereocenters. The number of anilines is 2. The Balaban J connectivity index is 1.81. The fourth-order valence-corrected chi connectivity index (χ4v) is 4.49. The Morgan fingerprint density at radius 2 is 1.69 bits per heavy atom. The second-order valence-electron chi connectivity index (χ2n) is 5.45. The van der Waals surface area contributed by atoms with E-state index in [-0.39, 0.29) is 15.4 Å². The van der Waals surface area contributed by atoms with Crippen molar-refractivity contribution < 1.29 is 13.2 Å². The molecule has 3 aromatic rings. The van der Waals surface area contributed by atoms with Crippen molar-refractivity contribution in [2.45, 2.75) is 11.3 Å². The zero-order valence-corrected chi connectivity index (χ0v) is 15.7. The lowest BCUT2D eigenvalue weighted by Crippen LogP contribution is -2.26. The highest BCUT2D eigenvalue weighted by Gasteiger charge is 2.26. The van der Waals surface area contributed by atoms with Gasteiger partial charge in [-0.15, -0.1) is 10.2 Å². The molecule has 0 aliphatic rings. The van der Waals surface area contributed by atoms with Gasteiger partial charge in [0, 0.05) is 12.6 Å². The van der Waals surface area contributed by atoms with Crippen LogP contribution in [0.4, 0.5) is 10.8 Å². The average Bonchev–Trinajstić information content (AvgIpc) is 3.11. The number of para-hydroxylation sites is 1. The summed E-state index contributed by atoms with van der Waals surface area (Å²) in [4.78, 5) is 12.3. The summed E-state index contributed by atoms with van der Waals surface area (Å²) in [5.74, 6) is -0.361. The van der Waals surface area contributed by atoms with Gasteiger partial charge in [0.25, 0.3) is 20.3 Å². The molecule has 0 atom stereocenters. The van der Waals surface area contributed by atoms with Crippen LogP contribution >= 0.6 is 11.3 Å². The number of hydrogen-bond donors (Lipinski definition) is 1. The topological polar surface area (TPSA) is 92.3 Å². The van der Waals surface area contributed by atoms with Gasteiger partial charge in [0.1, 0.15) is 0 Å². The molecule has 7 nitrogen and oxygen atoms in total. The summed E-state index contributed by atoms with van der Waals surface area (Å²) in [6.45, 7) is 1.82. The molecular weight excluding hydrogens is 372 g/mol. The van der Waals surface area contributed by atoms with E-state index in [1.54, 1.807) is 42.5 Å². The summed E-state index contributed by atoms with van der Waals surface area (Å²) in [6.07, 6.45) is 0. The predicted molar refractivity (Wildman–Crippen MR) is 101 cm³/mol. The number of aryl methyl sites for hydroxylation is 1. The van der Waals surface area contributed by atoms with Gasteiger partial charge in [-0.3, -0.25) is 14.4 Å². The SMILES string of the molecule is Cc1ccccc1C(=O)Nc1nnc(S(=O)(=O)N(C)c2ccccc2)s1. The Morgan fingerprint density at radius 3 is 2.38 bits per heavy atom. The fraction of sp³-hybridized carbons (Fsp3) is 0.118. The number of amides is 1. The Hall–Kier alpha value is -2.78. The van der Waals surface area contributed by atoms with E-state index in [1.807, 2.05) is 19.1 Å².